The Morgan fingerprint density at radius 2 is 1.68 bits per heavy atom. The van der Waals surface area contributed by atoms with Gasteiger partial charge in [0, 0.05) is 13.0 Å². The van der Waals surface area contributed by atoms with Gasteiger partial charge >= 0.3 is 0 Å². The number of rotatable bonds is 7. The highest BCUT2D eigenvalue weighted by atomic mass is 32.2. The zero-order valence-corrected chi connectivity index (χ0v) is 16.5. The lowest BCUT2D eigenvalue weighted by Gasteiger charge is -2.22. The first-order valence-electron chi connectivity index (χ1n) is 9.63. The van der Waals surface area contributed by atoms with Gasteiger partial charge in [0.25, 0.3) is 0 Å². The number of phenols is 1. The predicted molar refractivity (Wildman–Crippen MR) is 109 cm³/mol. The van der Waals surface area contributed by atoms with Crippen LogP contribution in [0.2, 0.25) is 0 Å². The molecule has 0 unspecified atom stereocenters. The van der Waals surface area contributed by atoms with Gasteiger partial charge < -0.3 is 10.4 Å². The monoisotopic (exact) mass is 402 g/mol. The van der Waals surface area contributed by atoms with E-state index in [-0.39, 0.29) is 29.5 Å². The number of aromatic hydroxyl groups is 1. The maximum Gasteiger partial charge on any atom is 0.240 e. The van der Waals surface area contributed by atoms with E-state index in [0.717, 1.165) is 12.8 Å². The molecule has 1 saturated carbocycles. The van der Waals surface area contributed by atoms with Gasteiger partial charge in [0.15, 0.2) is 0 Å². The molecule has 1 fully saturated rings. The standard InChI is InChI=1S/C21H26N2O4S/c24-20-9-5-4-8-19(20)23-21(25)14-15-22-28(26,27)18-12-10-17(11-13-18)16-6-2-1-3-7-16/h4-5,8-13,16,22,24H,1-3,6-7,14-15H2,(H,23,25). The van der Waals surface area contributed by atoms with Gasteiger partial charge in [-0.05, 0) is 48.6 Å². The van der Waals surface area contributed by atoms with E-state index in [2.05, 4.69) is 10.0 Å². The second-order valence-electron chi connectivity index (χ2n) is 7.12. The summed E-state index contributed by atoms with van der Waals surface area (Å²) in [6.45, 7) is -0.0217. The Kier molecular flexibility index (Phi) is 6.70. The third-order valence-corrected chi connectivity index (χ3v) is 6.57. The summed E-state index contributed by atoms with van der Waals surface area (Å²) in [6, 6.07) is 13.4. The number of para-hydroxylation sites is 2. The number of carbonyl (C=O) groups excluding carboxylic acids is 1. The predicted octanol–water partition coefficient (Wildman–Crippen LogP) is 3.75. The Morgan fingerprint density at radius 1 is 1.00 bits per heavy atom. The number of sulfonamides is 1. The van der Waals surface area contributed by atoms with Crippen molar-refractivity contribution in [3.8, 4) is 5.75 Å². The van der Waals surface area contributed by atoms with Crippen LogP contribution >= 0.6 is 0 Å². The Labute approximate surface area is 166 Å². The van der Waals surface area contributed by atoms with E-state index in [1.54, 1.807) is 30.3 Å². The lowest BCUT2D eigenvalue weighted by Crippen LogP contribution is -2.27. The van der Waals surface area contributed by atoms with Crippen LogP contribution in [-0.2, 0) is 14.8 Å². The number of hydrogen-bond donors (Lipinski definition) is 3. The summed E-state index contributed by atoms with van der Waals surface area (Å²) in [4.78, 5) is 12.2. The molecule has 2 aromatic rings. The van der Waals surface area contributed by atoms with Gasteiger partial charge in [-0.3, -0.25) is 4.79 Å². The highest BCUT2D eigenvalue weighted by molar-refractivity contribution is 7.89. The molecule has 0 radical (unpaired) electrons. The van der Waals surface area contributed by atoms with E-state index in [9.17, 15) is 18.3 Å². The van der Waals surface area contributed by atoms with Crippen LogP contribution in [0.5, 0.6) is 5.75 Å². The number of carbonyl (C=O) groups is 1. The fraction of sp³-hybridized carbons (Fsp3) is 0.381. The number of hydrogen-bond acceptors (Lipinski definition) is 4. The maximum absolute atomic E-state index is 12.4. The first kappa shape index (κ1) is 20.4. The van der Waals surface area contributed by atoms with Crippen molar-refractivity contribution < 1.29 is 18.3 Å². The van der Waals surface area contributed by atoms with E-state index < -0.39 is 10.0 Å². The van der Waals surface area contributed by atoms with Gasteiger partial charge in [0.1, 0.15) is 5.75 Å². The van der Waals surface area contributed by atoms with Gasteiger partial charge in [-0.25, -0.2) is 13.1 Å². The second kappa shape index (κ2) is 9.21. The largest absolute Gasteiger partial charge is 0.506 e. The zero-order chi connectivity index (χ0) is 20.0. The molecule has 0 aliphatic heterocycles. The minimum atomic E-state index is -3.66. The summed E-state index contributed by atoms with van der Waals surface area (Å²) < 4.78 is 27.3. The number of anilines is 1. The summed E-state index contributed by atoms with van der Waals surface area (Å²) in [5.74, 6) is 0.114. The molecular weight excluding hydrogens is 376 g/mol. The average molecular weight is 403 g/mol. The molecule has 0 saturated heterocycles. The van der Waals surface area contributed by atoms with Crippen LogP contribution in [0.3, 0.4) is 0 Å². The number of amides is 1. The highest BCUT2D eigenvalue weighted by Crippen LogP contribution is 2.32. The van der Waals surface area contributed by atoms with Crippen LogP contribution in [0.4, 0.5) is 5.69 Å². The summed E-state index contributed by atoms with van der Waals surface area (Å²) in [6.07, 6.45) is 6.04. The van der Waals surface area contributed by atoms with Gasteiger partial charge in [-0.15, -0.1) is 0 Å². The normalized spacial score (nSPS) is 15.3. The number of phenolic OH excluding ortho intramolecular Hbond substituents is 1. The number of nitrogens with one attached hydrogen (secondary N) is 2. The van der Waals surface area contributed by atoms with Crippen LogP contribution in [-0.4, -0.2) is 26.0 Å². The average Bonchev–Trinajstić information content (AvgIpc) is 2.70. The Morgan fingerprint density at radius 3 is 2.36 bits per heavy atom. The maximum atomic E-state index is 12.4. The molecule has 0 aromatic heterocycles. The zero-order valence-electron chi connectivity index (χ0n) is 15.7. The van der Waals surface area contributed by atoms with Crippen molar-refractivity contribution in [1.29, 1.82) is 0 Å². The lowest BCUT2D eigenvalue weighted by molar-refractivity contribution is -0.116. The van der Waals surface area contributed by atoms with Crippen molar-refractivity contribution in [2.24, 2.45) is 0 Å². The molecule has 28 heavy (non-hydrogen) atoms. The first-order valence-corrected chi connectivity index (χ1v) is 11.1. The molecule has 6 nitrogen and oxygen atoms in total. The molecule has 2 aromatic carbocycles. The molecule has 3 rings (SSSR count). The van der Waals surface area contributed by atoms with Crippen molar-refractivity contribution in [3.05, 3.63) is 54.1 Å². The summed E-state index contributed by atoms with van der Waals surface area (Å²) in [5, 5.41) is 12.2. The molecule has 3 N–H and O–H groups in total. The van der Waals surface area contributed by atoms with E-state index in [0.29, 0.717) is 11.6 Å². The third kappa shape index (κ3) is 5.33. The van der Waals surface area contributed by atoms with Gasteiger partial charge in [0.2, 0.25) is 15.9 Å². The summed E-state index contributed by atoms with van der Waals surface area (Å²) in [5.41, 5.74) is 1.49. The Bertz CT molecular complexity index is 904. The van der Waals surface area contributed by atoms with Crippen molar-refractivity contribution in [2.45, 2.75) is 49.3 Å². The van der Waals surface area contributed by atoms with E-state index in [1.165, 1.54) is 30.9 Å². The minimum Gasteiger partial charge on any atom is -0.506 e. The van der Waals surface area contributed by atoms with Gasteiger partial charge in [-0.1, -0.05) is 43.5 Å². The molecule has 1 aliphatic rings. The molecule has 1 amide bonds. The van der Waals surface area contributed by atoms with Crippen LogP contribution in [0, 0.1) is 0 Å². The Balaban J connectivity index is 1.52. The second-order valence-corrected chi connectivity index (χ2v) is 8.88. The Hall–Kier alpha value is -2.38. The summed E-state index contributed by atoms with van der Waals surface area (Å²) >= 11 is 0. The summed E-state index contributed by atoms with van der Waals surface area (Å²) in [7, 11) is -3.66. The molecule has 0 spiro atoms. The van der Waals surface area contributed by atoms with Crippen LogP contribution in [0.1, 0.15) is 50.0 Å². The fourth-order valence-electron chi connectivity index (χ4n) is 3.53. The topological polar surface area (TPSA) is 95.5 Å². The van der Waals surface area contributed by atoms with Crippen LogP contribution < -0.4 is 10.0 Å². The molecule has 150 valence electrons. The van der Waals surface area contributed by atoms with Crippen molar-refractivity contribution in [1.82, 2.24) is 4.72 Å². The van der Waals surface area contributed by atoms with Crippen LogP contribution in [0.25, 0.3) is 0 Å². The molecule has 0 heterocycles. The van der Waals surface area contributed by atoms with E-state index in [4.69, 9.17) is 0 Å². The third-order valence-electron chi connectivity index (χ3n) is 5.09. The van der Waals surface area contributed by atoms with Gasteiger partial charge in [0.05, 0.1) is 10.6 Å². The molecule has 0 atom stereocenters. The molecule has 1 aliphatic carbocycles. The van der Waals surface area contributed by atoms with Crippen molar-refractivity contribution in [3.63, 3.8) is 0 Å². The van der Waals surface area contributed by atoms with E-state index >= 15 is 0 Å². The van der Waals surface area contributed by atoms with Crippen molar-refractivity contribution >= 4 is 21.6 Å². The SMILES string of the molecule is O=C(CCNS(=O)(=O)c1ccc(C2CCCCC2)cc1)Nc1ccccc1O. The minimum absolute atomic E-state index is 0.0217. The molecule has 7 heteroatoms. The fourth-order valence-corrected chi connectivity index (χ4v) is 4.56. The highest BCUT2D eigenvalue weighted by Gasteiger charge is 2.18. The molecular formula is C21H26N2O4S. The van der Waals surface area contributed by atoms with Crippen LogP contribution in [0.15, 0.2) is 53.4 Å². The first-order chi connectivity index (χ1) is 13.5. The van der Waals surface area contributed by atoms with E-state index in [1.807, 2.05) is 12.1 Å². The lowest BCUT2D eigenvalue weighted by atomic mass is 9.84. The van der Waals surface area contributed by atoms with Gasteiger partial charge in [-0.2, -0.15) is 0 Å². The smallest absolute Gasteiger partial charge is 0.240 e. The number of benzene rings is 2. The molecule has 0 bridgehead atoms. The quantitative estimate of drug-likeness (QED) is 0.615. The van der Waals surface area contributed by atoms with Crippen molar-refractivity contribution in [2.75, 3.05) is 11.9 Å².